The normalized spacial score (nSPS) is 9.60. The molecule has 0 saturated heterocycles. The van der Waals surface area contributed by atoms with Crippen LogP contribution in [0, 0.1) is 11.3 Å². The summed E-state index contributed by atoms with van der Waals surface area (Å²) in [5.74, 6) is 0. The van der Waals surface area contributed by atoms with Crippen molar-refractivity contribution in [2.75, 3.05) is 5.32 Å². The first-order chi connectivity index (χ1) is 7.28. The Bertz CT molecular complexity index is 509. The minimum atomic E-state index is 0.392. The standard InChI is InChI=1S/C10H9N5/c1-15-7-10(6-13-15)14-8-2-3-12-9(4-8)5-11/h2-4,6-7H,1H3,(H,12,14). The topological polar surface area (TPSA) is 66.5 Å². The van der Waals surface area contributed by atoms with Crippen LogP contribution < -0.4 is 5.32 Å². The number of aryl methyl sites for hydroxylation is 1. The van der Waals surface area contributed by atoms with Crippen molar-refractivity contribution in [3.63, 3.8) is 0 Å². The van der Waals surface area contributed by atoms with Gasteiger partial charge in [-0.05, 0) is 12.1 Å². The Hall–Kier alpha value is -2.35. The van der Waals surface area contributed by atoms with Crippen molar-refractivity contribution in [1.29, 1.82) is 5.26 Å². The Balaban J connectivity index is 2.21. The molecule has 0 radical (unpaired) electrons. The summed E-state index contributed by atoms with van der Waals surface area (Å²) in [6.45, 7) is 0. The van der Waals surface area contributed by atoms with Crippen LogP contribution in [0.3, 0.4) is 0 Å². The number of anilines is 2. The molecule has 0 saturated carbocycles. The van der Waals surface area contributed by atoms with Crippen LogP contribution in [0.1, 0.15) is 5.69 Å². The lowest BCUT2D eigenvalue weighted by Crippen LogP contribution is -1.91. The van der Waals surface area contributed by atoms with Crippen LogP contribution in [0.2, 0.25) is 0 Å². The monoisotopic (exact) mass is 199 g/mol. The Labute approximate surface area is 87.0 Å². The fourth-order valence-electron chi connectivity index (χ4n) is 1.22. The largest absolute Gasteiger partial charge is 0.353 e. The number of hydrogen-bond acceptors (Lipinski definition) is 4. The molecule has 0 unspecified atom stereocenters. The van der Waals surface area contributed by atoms with E-state index in [9.17, 15) is 0 Å². The van der Waals surface area contributed by atoms with Crippen molar-refractivity contribution in [2.45, 2.75) is 0 Å². The van der Waals surface area contributed by atoms with Gasteiger partial charge < -0.3 is 5.32 Å². The average Bonchev–Trinajstić information content (AvgIpc) is 2.64. The predicted octanol–water partition coefficient (Wildman–Crippen LogP) is 1.43. The number of hydrogen-bond donors (Lipinski definition) is 1. The van der Waals surface area contributed by atoms with Crippen LogP contribution >= 0.6 is 0 Å². The first-order valence-corrected chi connectivity index (χ1v) is 4.40. The predicted molar refractivity (Wildman–Crippen MR) is 55.4 cm³/mol. The maximum atomic E-state index is 8.68. The summed E-state index contributed by atoms with van der Waals surface area (Å²) < 4.78 is 1.70. The maximum absolute atomic E-state index is 8.68. The molecular formula is C10H9N5. The van der Waals surface area contributed by atoms with Crippen LogP contribution in [0.5, 0.6) is 0 Å². The molecule has 0 amide bonds. The minimum Gasteiger partial charge on any atom is -0.353 e. The van der Waals surface area contributed by atoms with Gasteiger partial charge >= 0.3 is 0 Å². The van der Waals surface area contributed by atoms with Crippen molar-refractivity contribution in [3.8, 4) is 6.07 Å². The number of pyridine rings is 1. The molecule has 74 valence electrons. The molecule has 0 fully saturated rings. The summed E-state index contributed by atoms with van der Waals surface area (Å²) >= 11 is 0. The quantitative estimate of drug-likeness (QED) is 0.794. The highest BCUT2D eigenvalue weighted by Gasteiger charge is 1.98. The van der Waals surface area contributed by atoms with Gasteiger partial charge in [-0.15, -0.1) is 0 Å². The third-order valence-electron chi connectivity index (χ3n) is 1.87. The fourth-order valence-corrected chi connectivity index (χ4v) is 1.22. The molecule has 2 aromatic rings. The van der Waals surface area contributed by atoms with Crippen molar-refractivity contribution in [1.82, 2.24) is 14.8 Å². The van der Waals surface area contributed by atoms with Gasteiger partial charge in [-0.3, -0.25) is 4.68 Å². The third-order valence-corrected chi connectivity index (χ3v) is 1.87. The molecule has 1 N–H and O–H groups in total. The maximum Gasteiger partial charge on any atom is 0.142 e. The average molecular weight is 199 g/mol. The molecule has 5 nitrogen and oxygen atoms in total. The molecule has 0 aromatic carbocycles. The number of nitrogens with zero attached hydrogens (tertiary/aromatic N) is 4. The molecule has 0 spiro atoms. The van der Waals surface area contributed by atoms with E-state index in [2.05, 4.69) is 15.4 Å². The van der Waals surface area contributed by atoms with Crippen molar-refractivity contribution < 1.29 is 0 Å². The van der Waals surface area contributed by atoms with E-state index in [4.69, 9.17) is 5.26 Å². The van der Waals surface area contributed by atoms with Crippen LogP contribution in [0.4, 0.5) is 11.4 Å². The Morgan fingerprint density at radius 1 is 1.47 bits per heavy atom. The van der Waals surface area contributed by atoms with Gasteiger partial charge in [0.15, 0.2) is 0 Å². The molecule has 0 bridgehead atoms. The second-order valence-electron chi connectivity index (χ2n) is 3.07. The van der Waals surface area contributed by atoms with E-state index in [0.29, 0.717) is 5.69 Å². The second kappa shape index (κ2) is 3.80. The minimum absolute atomic E-state index is 0.392. The van der Waals surface area contributed by atoms with E-state index in [1.54, 1.807) is 29.2 Å². The molecule has 0 aliphatic carbocycles. The van der Waals surface area contributed by atoms with Crippen LogP contribution in [0.25, 0.3) is 0 Å². The molecule has 0 aliphatic heterocycles. The third kappa shape index (κ3) is 2.11. The van der Waals surface area contributed by atoms with Crippen LogP contribution in [-0.4, -0.2) is 14.8 Å². The zero-order valence-electron chi connectivity index (χ0n) is 8.18. The highest BCUT2D eigenvalue weighted by Crippen LogP contribution is 2.14. The van der Waals surface area contributed by atoms with E-state index in [0.717, 1.165) is 11.4 Å². The SMILES string of the molecule is Cn1cc(Nc2ccnc(C#N)c2)cn1. The Morgan fingerprint density at radius 3 is 3.00 bits per heavy atom. The molecule has 5 heteroatoms. The summed E-state index contributed by atoms with van der Waals surface area (Å²) in [7, 11) is 1.85. The van der Waals surface area contributed by atoms with Gasteiger partial charge in [-0.1, -0.05) is 0 Å². The first kappa shape index (κ1) is 9.21. The van der Waals surface area contributed by atoms with Gasteiger partial charge in [0.1, 0.15) is 11.8 Å². The molecular weight excluding hydrogens is 190 g/mol. The fraction of sp³-hybridized carbons (Fsp3) is 0.100. The summed E-state index contributed by atoms with van der Waals surface area (Å²) in [5.41, 5.74) is 2.10. The Morgan fingerprint density at radius 2 is 2.33 bits per heavy atom. The second-order valence-corrected chi connectivity index (χ2v) is 3.07. The van der Waals surface area contributed by atoms with E-state index in [1.165, 1.54) is 0 Å². The van der Waals surface area contributed by atoms with Crippen molar-refractivity contribution >= 4 is 11.4 Å². The smallest absolute Gasteiger partial charge is 0.142 e. The van der Waals surface area contributed by atoms with Gasteiger partial charge in [-0.2, -0.15) is 10.4 Å². The van der Waals surface area contributed by atoms with E-state index < -0.39 is 0 Å². The van der Waals surface area contributed by atoms with E-state index in [-0.39, 0.29) is 0 Å². The van der Waals surface area contributed by atoms with Crippen LogP contribution in [-0.2, 0) is 7.05 Å². The lowest BCUT2D eigenvalue weighted by Gasteiger charge is -2.01. The Kier molecular flexibility index (Phi) is 2.33. The molecule has 2 rings (SSSR count). The summed E-state index contributed by atoms with van der Waals surface area (Å²) in [5, 5.41) is 15.8. The van der Waals surface area contributed by atoms with E-state index >= 15 is 0 Å². The molecule has 2 aromatic heterocycles. The molecule has 0 atom stereocenters. The van der Waals surface area contributed by atoms with E-state index in [1.807, 2.05) is 19.3 Å². The van der Waals surface area contributed by atoms with Crippen LogP contribution in [0.15, 0.2) is 30.7 Å². The first-order valence-electron chi connectivity index (χ1n) is 4.40. The highest BCUT2D eigenvalue weighted by molar-refractivity contribution is 5.58. The van der Waals surface area contributed by atoms with Gasteiger partial charge in [0.05, 0.1) is 11.9 Å². The molecule has 0 aliphatic rings. The summed E-state index contributed by atoms with van der Waals surface area (Å²) in [6, 6.07) is 5.47. The van der Waals surface area contributed by atoms with Gasteiger partial charge in [0.2, 0.25) is 0 Å². The van der Waals surface area contributed by atoms with Crippen molar-refractivity contribution in [3.05, 3.63) is 36.4 Å². The highest BCUT2D eigenvalue weighted by atomic mass is 15.3. The molecule has 15 heavy (non-hydrogen) atoms. The summed E-state index contributed by atoms with van der Waals surface area (Å²) in [4.78, 5) is 3.88. The number of aromatic nitrogens is 3. The summed E-state index contributed by atoms with van der Waals surface area (Å²) in [6.07, 6.45) is 5.16. The van der Waals surface area contributed by atoms with Gasteiger partial charge in [0.25, 0.3) is 0 Å². The number of nitriles is 1. The lowest BCUT2D eigenvalue weighted by molar-refractivity contribution is 0.768. The molecule has 2 heterocycles. The van der Waals surface area contributed by atoms with Gasteiger partial charge in [-0.25, -0.2) is 4.98 Å². The number of nitrogens with one attached hydrogen (secondary N) is 1. The van der Waals surface area contributed by atoms with Gasteiger partial charge in [0, 0.05) is 25.1 Å². The number of rotatable bonds is 2. The van der Waals surface area contributed by atoms with Crippen molar-refractivity contribution in [2.24, 2.45) is 7.05 Å². The zero-order chi connectivity index (χ0) is 10.7. The zero-order valence-corrected chi connectivity index (χ0v) is 8.18. The lowest BCUT2D eigenvalue weighted by atomic mass is 10.3.